The topological polar surface area (TPSA) is 47.7 Å². The molecule has 4 nitrogen and oxygen atoms in total. The van der Waals surface area contributed by atoms with Crippen molar-refractivity contribution in [2.24, 2.45) is 5.73 Å². The van der Waals surface area contributed by atoms with E-state index in [0.717, 1.165) is 37.5 Å². The van der Waals surface area contributed by atoms with Crippen LogP contribution in [0.2, 0.25) is 0 Å². The lowest BCUT2D eigenvalue weighted by Crippen LogP contribution is -2.35. The van der Waals surface area contributed by atoms with Crippen molar-refractivity contribution in [3.63, 3.8) is 0 Å². The molecule has 2 N–H and O–H groups in total. The van der Waals surface area contributed by atoms with E-state index in [2.05, 4.69) is 11.9 Å². The number of ether oxygens (including phenoxy) is 2. The molecule has 1 fully saturated rings. The molecule has 1 heterocycles. The van der Waals surface area contributed by atoms with E-state index < -0.39 is 0 Å². The van der Waals surface area contributed by atoms with E-state index in [1.165, 1.54) is 0 Å². The van der Waals surface area contributed by atoms with Gasteiger partial charge in [0.2, 0.25) is 0 Å². The normalized spacial score (nSPS) is 18.7. The Bertz CT molecular complexity index is 433. The molecule has 1 atom stereocenters. The van der Waals surface area contributed by atoms with Crippen molar-refractivity contribution in [2.75, 3.05) is 33.4 Å². The summed E-state index contributed by atoms with van der Waals surface area (Å²) in [5.41, 5.74) is 6.43. The van der Waals surface area contributed by atoms with E-state index in [4.69, 9.17) is 27.4 Å². The van der Waals surface area contributed by atoms with Gasteiger partial charge in [0.15, 0.2) is 0 Å². The number of hydrogen-bond acceptors (Lipinski definition) is 4. The zero-order valence-corrected chi connectivity index (χ0v) is 12.0. The molecule has 0 spiro atoms. The standard InChI is InChI=1S/C14H20N2O2S/c1-16(12-5-7-17-10-12)6-8-18-13-4-2-3-11(9-13)14(15)19/h2-4,9,12H,5-8,10H2,1H3,(H2,15,19). The van der Waals surface area contributed by atoms with Gasteiger partial charge in [-0.1, -0.05) is 24.4 Å². The molecule has 1 aromatic rings. The number of thiocarbonyl (C=S) groups is 1. The van der Waals surface area contributed by atoms with Crippen molar-refractivity contribution in [3.8, 4) is 5.75 Å². The van der Waals surface area contributed by atoms with Gasteiger partial charge in [-0.2, -0.15) is 0 Å². The number of likely N-dealkylation sites (N-methyl/N-ethyl adjacent to an activating group) is 1. The smallest absolute Gasteiger partial charge is 0.120 e. The largest absolute Gasteiger partial charge is 0.492 e. The van der Waals surface area contributed by atoms with E-state index in [1.807, 2.05) is 24.3 Å². The zero-order valence-electron chi connectivity index (χ0n) is 11.2. The maximum absolute atomic E-state index is 5.73. The van der Waals surface area contributed by atoms with E-state index in [-0.39, 0.29) is 0 Å². The molecular formula is C14H20N2O2S. The number of benzene rings is 1. The summed E-state index contributed by atoms with van der Waals surface area (Å²) in [6.45, 7) is 3.22. The Morgan fingerprint density at radius 1 is 1.58 bits per heavy atom. The molecule has 104 valence electrons. The van der Waals surface area contributed by atoms with Crippen molar-refractivity contribution in [3.05, 3.63) is 29.8 Å². The summed E-state index contributed by atoms with van der Waals surface area (Å²) in [6.07, 6.45) is 1.10. The molecule has 2 rings (SSSR count). The summed E-state index contributed by atoms with van der Waals surface area (Å²) in [5, 5.41) is 0. The van der Waals surface area contributed by atoms with E-state index in [1.54, 1.807) is 0 Å². The minimum Gasteiger partial charge on any atom is -0.492 e. The molecule has 1 unspecified atom stereocenters. The number of nitrogens with two attached hydrogens (primary N) is 1. The van der Waals surface area contributed by atoms with Crippen LogP contribution in [-0.2, 0) is 4.74 Å². The Morgan fingerprint density at radius 3 is 3.11 bits per heavy atom. The number of rotatable bonds is 6. The van der Waals surface area contributed by atoms with Gasteiger partial charge in [-0.15, -0.1) is 0 Å². The highest BCUT2D eigenvalue weighted by molar-refractivity contribution is 7.80. The first kappa shape index (κ1) is 14.2. The van der Waals surface area contributed by atoms with Crippen molar-refractivity contribution in [1.29, 1.82) is 0 Å². The van der Waals surface area contributed by atoms with Crippen LogP contribution in [0.15, 0.2) is 24.3 Å². The fourth-order valence-electron chi connectivity index (χ4n) is 2.10. The third-order valence-electron chi connectivity index (χ3n) is 3.36. The van der Waals surface area contributed by atoms with Gasteiger partial charge < -0.3 is 15.2 Å². The van der Waals surface area contributed by atoms with Crippen LogP contribution < -0.4 is 10.5 Å². The van der Waals surface area contributed by atoms with Crippen LogP contribution in [0.4, 0.5) is 0 Å². The summed E-state index contributed by atoms with van der Waals surface area (Å²) in [7, 11) is 2.11. The Balaban J connectivity index is 1.78. The Morgan fingerprint density at radius 2 is 2.42 bits per heavy atom. The predicted molar refractivity (Wildman–Crippen MR) is 79.7 cm³/mol. The maximum Gasteiger partial charge on any atom is 0.120 e. The predicted octanol–water partition coefficient (Wildman–Crippen LogP) is 1.42. The summed E-state index contributed by atoms with van der Waals surface area (Å²) in [5.74, 6) is 0.807. The highest BCUT2D eigenvalue weighted by Gasteiger charge is 2.19. The molecule has 1 saturated heterocycles. The lowest BCUT2D eigenvalue weighted by Gasteiger charge is -2.22. The molecule has 0 aliphatic carbocycles. The van der Waals surface area contributed by atoms with Gasteiger partial charge in [0.25, 0.3) is 0 Å². The Hall–Kier alpha value is -1.17. The molecule has 0 amide bonds. The van der Waals surface area contributed by atoms with Crippen LogP contribution in [0.3, 0.4) is 0 Å². The summed E-state index contributed by atoms with van der Waals surface area (Å²) in [4.78, 5) is 2.68. The van der Waals surface area contributed by atoms with E-state index >= 15 is 0 Å². The van der Waals surface area contributed by atoms with E-state index in [9.17, 15) is 0 Å². The minimum atomic E-state index is 0.394. The first-order valence-electron chi connectivity index (χ1n) is 6.47. The van der Waals surface area contributed by atoms with Crippen LogP contribution >= 0.6 is 12.2 Å². The van der Waals surface area contributed by atoms with Crippen LogP contribution in [0.1, 0.15) is 12.0 Å². The van der Waals surface area contributed by atoms with Crippen molar-refractivity contribution < 1.29 is 9.47 Å². The highest BCUT2D eigenvalue weighted by atomic mass is 32.1. The van der Waals surface area contributed by atoms with E-state index in [0.29, 0.717) is 17.6 Å². The molecule has 19 heavy (non-hydrogen) atoms. The fourth-order valence-corrected chi connectivity index (χ4v) is 2.23. The third kappa shape index (κ3) is 4.16. The van der Waals surface area contributed by atoms with Crippen LogP contribution in [0.25, 0.3) is 0 Å². The number of nitrogens with zero attached hydrogens (tertiary/aromatic N) is 1. The second-order valence-corrected chi connectivity index (χ2v) is 5.18. The van der Waals surface area contributed by atoms with Crippen LogP contribution in [-0.4, -0.2) is 49.3 Å². The molecule has 5 heteroatoms. The summed E-state index contributed by atoms with van der Waals surface area (Å²) >= 11 is 4.95. The fraction of sp³-hybridized carbons (Fsp3) is 0.500. The van der Waals surface area contributed by atoms with Gasteiger partial charge in [-0.3, -0.25) is 4.90 Å². The number of hydrogen-bond donors (Lipinski definition) is 1. The average Bonchev–Trinajstić information content (AvgIpc) is 2.93. The lowest BCUT2D eigenvalue weighted by atomic mass is 10.2. The molecule has 0 saturated carbocycles. The Labute approximate surface area is 119 Å². The first-order valence-corrected chi connectivity index (χ1v) is 6.88. The van der Waals surface area contributed by atoms with Gasteiger partial charge >= 0.3 is 0 Å². The first-order chi connectivity index (χ1) is 9.16. The minimum absolute atomic E-state index is 0.394. The average molecular weight is 280 g/mol. The van der Waals surface area contributed by atoms with Gasteiger partial charge in [0, 0.05) is 24.8 Å². The molecular weight excluding hydrogens is 260 g/mol. The van der Waals surface area contributed by atoms with Gasteiger partial charge in [-0.25, -0.2) is 0 Å². The Kier molecular flexibility index (Phi) is 5.13. The van der Waals surface area contributed by atoms with Gasteiger partial charge in [-0.05, 0) is 25.6 Å². The molecule has 1 aromatic carbocycles. The van der Waals surface area contributed by atoms with Crippen molar-refractivity contribution >= 4 is 17.2 Å². The van der Waals surface area contributed by atoms with Crippen LogP contribution in [0, 0.1) is 0 Å². The maximum atomic E-state index is 5.73. The van der Waals surface area contributed by atoms with Crippen molar-refractivity contribution in [2.45, 2.75) is 12.5 Å². The monoisotopic (exact) mass is 280 g/mol. The molecule has 0 radical (unpaired) electrons. The van der Waals surface area contributed by atoms with Gasteiger partial charge in [0.1, 0.15) is 17.3 Å². The molecule has 0 bridgehead atoms. The lowest BCUT2D eigenvalue weighted by molar-refractivity contribution is 0.147. The third-order valence-corrected chi connectivity index (χ3v) is 3.60. The van der Waals surface area contributed by atoms with Gasteiger partial charge in [0.05, 0.1) is 6.61 Å². The van der Waals surface area contributed by atoms with Crippen LogP contribution in [0.5, 0.6) is 5.75 Å². The second-order valence-electron chi connectivity index (χ2n) is 4.74. The second kappa shape index (κ2) is 6.84. The van der Waals surface area contributed by atoms with Crippen molar-refractivity contribution in [1.82, 2.24) is 4.90 Å². The summed E-state index contributed by atoms with van der Waals surface area (Å²) < 4.78 is 11.1. The summed E-state index contributed by atoms with van der Waals surface area (Å²) in [6, 6.07) is 8.10. The highest BCUT2D eigenvalue weighted by Crippen LogP contribution is 2.14. The molecule has 1 aliphatic rings. The molecule has 1 aliphatic heterocycles. The SMILES string of the molecule is CN(CCOc1cccc(C(N)=S)c1)C1CCOC1. The molecule has 0 aromatic heterocycles. The zero-order chi connectivity index (χ0) is 13.7. The quantitative estimate of drug-likeness (QED) is 0.799.